The molecule has 22 heavy (non-hydrogen) atoms. The van der Waals surface area contributed by atoms with Gasteiger partial charge in [-0.15, -0.1) is 0 Å². The van der Waals surface area contributed by atoms with Crippen molar-refractivity contribution in [2.75, 3.05) is 0 Å². The first-order chi connectivity index (χ1) is 10.3. The molecule has 0 saturated heterocycles. The summed E-state index contributed by atoms with van der Waals surface area (Å²) in [5.41, 5.74) is 0.932. The largest absolute Gasteiger partial charge is 0.477 e. The van der Waals surface area contributed by atoms with Crippen molar-refractivity contribution in [2.24, 2.45) is 0 Å². The molecule has 1 heterocycles. The number of hydrogen-bond acceptors (Lipinski definition) is 4. The molecule has 0 aliphatic heterocycles. The predicted molar refractivity (Wildman–Crippen MR) is 81.8 cm³/mol. The molecule has 0 atom stereocenters. The third-order valence-corrected chi connectivity index (χ3v) is 2.84. The summed E-state index contributed by atoms with van der Waals surface area (Å²) in [4.78, 5) is 27.1. The predicted octanol–water partition coefficient (Wildman–Crippen LogP) is 3.40. The second kappa shape index (κ2) is 5.97. The Hall–Kier alpha value is -2.69. The van der Waals surface area contributed by atoms with Crippen LogP contribution in [0.15, 0.2) is 42.6 Å². The van der Waals surface area contributed by atoms with E-state index in [4.69, 9.17) is 9.84 Å². The monoisotopic (exact) mass is 299 g/mol. The van der Waals surface area contributed by atoms with Crippen LogP contribution in [0.3, 0.4) is 0 Å². The third-order valence-electron chi connectivity index (χ3n) is 2.84. The number of nitrogens with zero attached hydrogens (tertiary/aromatic N) is 1. The molecule has 1 N–H and O–H groups in total. The highest BCUT2D eigenvalue weighted by Crippen LogP contribution is 2.25. The minimum Gasteiger partial charge on any atom is -0.477 e. The fourth-order valence-corrected chi connectivity index (χ4v) is 1.96. The summed E-state index contributed by atoms with van der Waals surface area (Å²) < 4.78 is 5.39. The lowest BCUT2D eigenvalue weighted by molar-refractivity contribution is 0.00703. The lowest BCUT2D eigenvalue weighted by Crippen LogP contribution is -2.24. The van der Waals surface area contributed by atoms with Crippen LogP contribution in [0.1, 0.15) is 41.6 Å². The van der Waals surface area contributed by atoms with Crippen LogP contribution < -0.4 is 0 Å². The number of pyridine rings is 1. The topological polar surface area (TPSA) is 76.5 Å². The Balaban J connectivity index is 2.47. The fourth-order valence-electron chi connectivity index (χ4n) is 1.96. The standard InChI is InChI=1S/C17H17NO4/c1-17(2,3)22-16(21)13-7-5-4-6-12(13)11-8-9-18-14(10-11)15(19)20/h4-10H,1-3H3,(H,19,20). The Bertz CT molecular complexity index is 717. The average molecular weight is 299 g/mol. The Labute approximate surface area is 128 Å². The highest BCUT2D eigenvalue weighted by atomic mass is 16.6. The molecule has 0 bridgehead atoms. The molecule has 0 aliphatic rings. The maximum absolute atomic E-state index is 12.3. The highest BCUT2D eigenvalue weighted by molar-refractivity contribution is 5.98. The second-order valence-electron chi connectivity index (χ2n) is 5.78. The maximum Gasteiger partial charge on any atom is 0.354 e. The van der Waals surface area contributed by atoms with Crippen molar-refractivity contribution < 1.29 is 19.4 Å². The van der Waals surface area contributed by atoms with Gasteiger partial charge in [0.1, 0.15) is 11.3 Å². The number of ether oxygens (including phenoxy) is 1. The first kappa shape index (κ1) is 15.7. The zero-order valence-electron chi connectivity index (χ0n) is 12.7. The van der Waals surface area contributed by atoms with Crippen molar-refractivity contribution in [2.45, 2.75) is 26.4 Å². The van der Waals surface area contributed by atoms with Crippen LogP contribution in [-0.4, -0.2) is 27.6 Å². The van der Waals surface area contributed by atoms with Crippen LogP contribution in [0.25, 0.3) is 11.1 Å². The van der Waals surface area contributed by atoms with Crippen molar-refractivity contribution in [3.63, 3.8) is 0 Å². The zero-order valence-corrected chi connectivity index (χ0v) is 12.7. The van der Waals surface area contributed by atoms with E-state index in [1.807, 2.05) is 0 Å². The number of aromatic nitrogens is 1. The van der Waals surface area contributed by atoms with E-state index in [-0.39, 0.29) is 5.69 Å². The summed E-state index contributed by atoms with van der Waals surface area (Å²) in [7, 11) is 0. The molecule has 5 nitrogen and oxygen atoms in total. The number of carboxylic acid groups (broad SMARTS) is 1. The van der Waals surface area contributed by atoms with Crippen LogP contribution in [0, 0.1) is 0 Å². The molecule has 2 rings (SSSR count). The van der Waals surface area contributed by atoms with E-state index in [9.17, 15) is 9.59 Å². The first-order valence-corrected chi connectivity index (χ1v) is 6.80. The summed E-state index contributed by atoms with van der Waals surface area (Å²) in [5, 5.41) is 9.03. The molecular formula is C17H17NO4. The molecule has 0 amide bonds. The van der Waals surface area contributed by atoms with Crippen LogP contribution in [0.2, 0.25) is 0 Å². The first-order valence-electron chi connectivity index (χ1n) is 6.80. The van der Waals surface area contributed by atoms with Crippen molar-refractivity contribution in [3.05, 3.63) is 53.9 Å². The minimum atomic E-state index is -1.11. The normalized spacial score (nSPS) is 11.0. The summed E-state index contributed by atoms with van der Waals surface area (Å²) in [5.74, 6) is -1.56. The van der Waals surface area contributed by atoms with Gasteiger partial charge < -0.3 is 9.84 Å². The van der Waals surface area contributed by atoms with Crippen molar-refractivity contribution >= 4 is 11.9 Å². The van der Waals surface area contributed by atoms with Gasteiger partial charge >= 0.3 is 11.9 Å². The molecule has 2 aromatic rings. The molecule has 1 aromatic heterocycles. The van der Waals surface area contributed by atoms with Gasteiger partial charge in [-0.1, -0.05) is 18.2 Å². The average Bonchev–Trinajstić information content (AvgIpc) is 2.45. The molecule has 0 spiro atoms. The molecule has 1 aromatic carbocycles. The number of aromatic carboxylic acids is 1. The number of carboxylic acids is 1. The van der Waals surface area contributed by atoms with E-state index >= 15 is 0 Å². The maximum atomic E-state index is 12.3. The molecule has 0 saturated carbocycles. The van der Waals surface area contributed by atoms with E-state index in [0.717, 1.165) is 0 Å². The fraction of sp³-hybridized carbons (Fsp3) is 0.235. The van der Waals surface area contributed by atoms with Gasteiger partial charge in [-0.2, -0.15) is 0 Å². The summed E-state index contributed by atoms with van der Waals surface area (Å²) >= 11 is 0. The Morgan fingerprint density at radius 3 is 2.45 bits per heavy atom. The number of esters is 1. The van der Waals surface area contributed by atoms with Gasteiger partial charge in [0.15, 0.2) is 0 Å². The van der Waals surface area contributed by atoms with Crippen LogP contribution in [-0.2, 0) is 4.74 Å². The molecule has 5 heteroatoms. The molecule has 0 unspecified atom stereocenters. The lowest BCUT2D eigenvalue weighted by atomic mass is 9.99. The lowest BCUT2D eigenvalue weighted by Gasteiger charge is -2.20. The van der Waals surface area contributed by atoms with Gasteiger partial charge in [-0.05, 0) is 50.1 Å². The number of hydrogen-bond donors (Lipinski definition) is 1. The van der Waals surface area contributed by atoms with Crippen molar-refractivity contribution in [1.82, 2.24) is 4.98 Å². The smallest absolute Gasteiger partial charge is 0.354 e. The second-order valence-corrected chi connectivity index (χ2v) is 5.78. The van der Waals surface area contributed by atoms with E-state index in [1.54, 1.807) is 51.1 Å². The van der Waals surface area contributed by atoms with Gasteiger partial charge in [-0.25, -0.2) is 14.6 Å². The van der Waals surface area contributed by atoms with Gasteiger partial charge in [-0.3, -0.25) is 0 Å². The molecule has 0 fully saturated rings. The van der Waals surface area contributed by atoms with E-state index < -0.39 is 17.5 Å². The van der Waals surface area contributed by atoms with Crippen LogP contribution in [0.4, 0.5) is 0 Å². The van der Waals surface area contributed by atoms with Gasteiger partial charge in [0.25, 0.3) is 0 Å². The molecular weight excluding hydrogens is 282 g/mol. The highest BCUT2D eigenvalue weighted by Gasteiger charge is 2.21. The number of rotatable bonds is 3. The Morgan fingerprint density at radius 1 is 1.14 bits per heavy atom. The third kappa shape index (κ3) is 3.69. The minimum absolute atomic E-state index is 0.0727. The van der Waals surface area contributed by atoms with E-state index in [0.29, 0.717) is 16.7 Å². The van der Waals surface area contributed by atoms with Gasteiger partial charge in [0.05, 0.1) is 5.56 Å². The molecule has 0 radical (unpaired) electrons. The number of benzene rings is 1. The quantitative estimate of drug-likeness (QED) is 0.879. The Morgan fingerprint density at radius 2 is 1.82 bits per heavy atom. The van der Waals surface area contributed by atoms with Gasteiger partial charge in [0, 0.05) is 6.20 Å². The SMILES string of the molecule is CC(C)(C)OC(=O)c1ccccc1-c1ccnc(C(=O)O)c1. The van der Waals surface area contributed by atoms with E-state index in [1.165, 1.54) is 12.3 Å². The summed E-state index contributed by atoms with van der Waals surface area (Å²) in [6.45, 7) is 5.38. The summed E-state index contributed by atoms with van der Waals surface area (Å²) in [6.07, 6.45) is 1.41. The van der Waals surface area contributed by atoms with E-state index in [2.05, 4.69) is 4.98 Å². The van der Waals surface area contributed by atoms with Crippen LogP contribution >= 0.6 is 0 Å². The van der Waals surface area contributed by atoms with Crippen LogP contribution in [0.5, 0.6) is 0 Å². The Kier molecular flexibility index (Phi) is 4.26. The van der Waals surface area contributed by atoms with Crippen molar-refractivity contribution in [3.8, 4) is 11.1 Å². The number of carbonyl (C=O) groups is 2. The van der Waals surface area contributed by atoms with Gasteiger partial charge in [0.2, 0.25) is 0 Å². The number of carbonyl (C=O) groups excluding carboxylic acids is 1. The summed E-state index contributed by atoms with van der Waals surface area (Å²) in [6, 6.07) is 10.0. The van der Waals surface area contributed by atoms with Crippen molar-refractivity contribution in [1.29, 1.82) is 0 Å². The molecule has 0 aliphatic carbocycles. The molecule has 114 valence electrons. The zero-order chi connectivity index (χ0) is 16.3.